The molecule has 1 aromatic heterocycles. The van der Waals surface area contributed by atoms with Crippen LogP contribution in [-0.2, 0) is 4.74 Å². The molecule has 0 bridgehead atoms. The van der Waals surface area contributed by atoms with E-state index in [4.69, 9.17) is 11.6 Å². The van der Waals surface area contributed by atoms with Gasteiger partial charge in [0, 0.05) is 11.9 Å². The number of anilines is 2. The van der Waals surface area contributed by atoms with Crippen LogP contribution in [0.2, 0.25) is 5.28 Å². The molecule has 22 heavy (non-hydrogen) atoms. The van der Waals surface area contributed by atoms with Crippen LogP contribution in [0, 0.1) is 5.82 Å². The Balaban J connectivity index is 2.29. The molecule has 0 aliphatic rings. The summed E-state index contributed by atoms with van der Waals surface area (Å²) in [7, 11) is 1.20. The van der Waals surface area contributed by atoms with Crippen LogP contribution < -0.4 is 5.32 Å². The zero-order valence-electron chi connectivity index (χ0n) is 11.9. The first kappa shape index (κ1) is 16.5. The lowest BCUT2D eigenvalue weighted by Gasteiger charge is -2.11. The summed E-state index contributed by atoms with van der Waals surface area (Å²) >= 11 is 7.33. The second-order valence-corrected chi connectivity index (χ2v) is 5.74. The number of hydrogen-bond acceptors (Lipinski definition) is 6. The van der Waals surface area contributed by atoms with Crippen molar-refractivity contribution in [2.24, 2.45) is 0 Å². The smallest absolute Gasteiger partial charge is 0.340 e. The van der Waals surface area contributed by atoms with E-state index in [-0.39, 0.29) is 10.8 Å². The summed E-state index contributed by atoms with van der Waals surface area (Å²) in [5.41, 5.74) is 0.315. The normalized spacial score (nSPS) is 10.4. The number of nitrogens with zero attached hydrogens (tertiary/aromatic N) is 2. The van der Waals surface area contributed by atoms with E-state index in [1.807, 2.05) is 6.92 Å². The first-order chi connectivity index (χ1) is 10.5. The number of halogens is 2. The molecular formula is C14H13ClFN3O2S. The largest absolute Gasteiger partial charge is 0.465 e. The Bertz CT molecular complexity index is 700. The fourth-order valence-corrected chi connectivity index (χ4v) is 2.51. The Morgan fingerprint density at radius 3 is 2.91 bits per heavy atom. The van der Waals surface area contributed by atoms with Crippen LogP contribution in [-0.4, -0.2) is 28.8 Å². The quantitative estimate of drug-likeness (QED) is 0.505. The van der Waals surface area contributed by atoms with Crippen LogP contribution in [0.1, 0.15) is 17.3 Å². The number of rotatable bonds is 5. The molecule has 8 heteroatoms. The van der Waals surface area contributed by atoms with Gasteiger partial charge < -0.3 is 10.1 Å². The zero-order chi connectivity index (χ0) is 16.1. The number of esters is 1. The van der Waals surface area contributed by atoms with Gasteiger partial charge in [0.1, 0.15) is 11.6 Å². The van der Waals surface area contributed by atoms with E-state index in [2.05, 4.69) is 20.0 Å². The molecular weight excluding hydrogens is 329 g/mol. The Labute approximate surface area is 136 Å². The van der Waals surface area contributed by atoms with Gasteiger partial charge in [0.15, 0.2) is 0 Å². The molecule has 0 saturated carbocycles. The molecule has 2 rings (SSSR count). The number of carbonyl (C=O) groups is 1. The third kappa shape index (κ3) is 3.86. The van der Waals surface area contributed by atoms with Crippen LogP contribution in [0.15, 0.2) is 29.3 Å². The summed E-state index contributed by atoms with van der Waals surface area (Å²) in [6.07, 6.45) is 1.60. The second-order valence-electron chi connectivity index (χ2n) is 4.10. The van der Waals surface area contributed by atoms with Gasteiger partial charge in [-0.2, -0.15) is 4.98 Å². The zero-order valence-corrected chi connectivity index (χ0v) is 13.5. The number of ether oxygens (including phenoxy) is 1. The van der Waals surface area contributed by atoms with Crippen LogP contribution in [0.4, 0.5) is 15.9 Å². The van der Waals surface area contributed by atoms with Gasteiger partial charge in [-0.15, -0.1) is 11.8 Å². The number of methoxy groups -OCH3 is 1. The average molecular weight is 342 g/mol. The summed E-state index contributed by atoms with van der Waals surface area (Å²) in [6, 6.07) is 4.10. The molecule has 0 fully saturated rings. The van der Waals surface area contributed by atoms with Gasteiger partial charge in [0.2, 0.25) is 5.28 Å². The minimum atomic E-state index is -0.726. The SMILES string of the molecule is CCSc1cnc(Cl)nc1Nc1ccc(C(=O)OC)c(F)c1. The van der Waals surface area contributed by atoms with E-state index in [1.54, 1.807) is 12.3 Å². The molecule has 0 aliphatic carbocycles. The fraction of sp³-hybridized carbons (Fsp3) is 0.214. The van der Waals surface area contributed by atoms with Gasteiger partial charge in [0.25, 0.3) is 0 Å². The third-order valence-corrected chi connectivity index (χ3v) is 3.74. The lowest BCUT2D eigenvalue weighted by atomic mass is 10.2. The molecule has 0 radical (unpaired) electrons. The number of hydrogen-bond donors (Lipinski definition) is 1. The maximum absolute atomic E-state index is 13.9. The first-order valence-corrected chi connectivity index (χ1v) is 7.71. The Morgan fingerprint density at radius 1 is 1.50 bits per heavy atom. The third-order valence-electron chi connectivity index (χ3n) is 2.66. The van der Waals surface area contributed by atoms with Gasteiger partial charge in [-0.3, -0.25) is 0 Å². The van der Waals surface area contributed by atoms with Crippen molar-refractivity contribution in [2.45, 2.75) is 11.8 Å². The molecule has 0 spiro atoms. The Morgan fingerprint density at radius 2 is 2.27 bits per heavy atom. The standard InChI is InChI=1S/C14H13ClFN3O2S/c1-3-22-11-7-17-14(15)19-12(11)18-8-4-5-9(10(16)6-8)13(20)21-2/h4-7H,3H2,1-2H3,(H,17,18,19). The first-order valence-electron chi connectivity index (χ1n) is 6.35. The maximum atomic E-state index is 13.9. The lowest BCUT2D eigenvalue weighted by molar-refractivity contribution is 0.0595. The van der Waals surface area contributed by atoms with Crippen molar-refractivity contribution >= 4 is 40.8 Å². The Hall–Kier alpha value is -1.86. The Kier molecular flexibility index (Phi) is 5.57. The van der Waals surface area contributed by atoms with Crippen LogP contribution in [0.5, 0.6) is 0 Å². The van der Waals surface area contributed by atoms with Crippen molar-refractivity contribution in [3.63, 3.8) is 0 Å². The second kappa shape index (κ2) is 7.42. The molecule has 1 heterocycles. The number of benzene rings is 1. The van der Waals surface area contributed by atoms with E-state index < -0.39 is 11.8 Å². The molecule has 0 amide bonds. The van der Waals surface area contributed by atoms with Crippen molar-refractivity contribution in [3.8, 4) is 0 Å². The molecule has 2 aromatic rings. The monoisotopic (exact) mass is 341 g/mol. The summed E-state index contributed by atoms with van der Waals surface area (Å²) < 4.78 is 18.4. The lowest BCUT2D eigenvalue weighted by Crippen LogP contribution is -2.05. The predicted octanol–water partition coefficient (Wildman–Crippen LogP) is 3.91. The van der Waals surface area contributed by atoms with Gasteiger partial charge >= 0.3 is 5.97 Å². The van der Waals surface area contributed by atoms with Crippen LogP contribution in [0.25, 0.3) is 0 Å². The van der Waals surface area contributed by atoms with Gasteiger partial charge in [0.05, 0.1) is 17.6 Å². The minimum Gasteiger partial charge on any atom is -0.465 e. The molecule has 5 nitrogen and oxygen atoms in total. The highest BCUT2D eigenvalue weighted by Crippen LogP contribution is 2.28. The van der Waals surface area contributed by atoms with E-state index in [0.29, 0.717) is 11.5 Å². The van der Waals surface area contributed by atoms with Crippen molar-refractivity contribution in [2.75, 3.05) is 18.2 Å². The van der Waals surface area contributed by atoms with Crippen LogP contribution >= 0.6 is 23.4 Å². The van der Waals surface area contributed by atoms with E-state index in [1.165, 1.54) is 31.0 Å². The molecule has 0 aliphatic heterocycles. The molecule has 1 aromatic carbocycles. The fourth-order valence-electron chi connectivity index (χ4n) is 1.71. The summed E-state index contributed by atoms with van der Waals surface area (Å²) in [5.74, 6) is -0.0925. The summed E-state index contributed by atoms with van der Waals surface area (Å²) in [4.78, 5) is 20.2. The highest BCUT2D eigenvalue weighted by atomic mass is 35.5. The average Bonchev–Trinajstić information content (AvgIpc) is 2.49. The van der Waals surface area contributed by atoms with Crippen molar-refractivity contribution in [1.29, 1.82) is 0 Å². The van der Waals surface area contributed by atoms with Crippen molar-refractivity contribution in [3.05, 3.63) is 41.1 Å². The topological polar surface area (TPSA) is 64.1 Å². The maximum Gasteiger partial charge on any atom is 0.340 e. The molecule has 0 unspecified atom stereocenters. The van der Waals surface area contributed by atoms with E-state index in [9.17, 15) is 9.18 Å². The minimum absolute atomic E-state index is 0.0922. The van der Waals surface area contributed by atoms with Crippen molar-refractivity contribution in [1.82, 2.24) is 9.97 Å². The van der Waals surface area contributed by atoms with Gasteiger partial charge in [-0.1, -0.05) is 6.92 Å². The number of aromatic nitrogens is 2. The van der Waals surface area contributed by atoms with E-state index >= 15 is 0 Å². The summed E-state index contributed by atoms with van der Waals surface area (Å²) in [6.45, 7) is 1.99. The van der Waals surface area contributed by atoms with Gasteiger partial charge in [-0.25, -0.2) is 14.2 Å². The molecule has 0 saturated heterocycles. The summed E-state index contributed by atoms with van der Waals surface area (Å²) in [5, 5.41) is 3.07. The van der Waals surface area contributed by atoms with Gasteiger partial charge in [-0.05, 0) is 35.6 Å². The highest BCUT2D eigenvalue weighted by molar-refractivity contribution is 7.99. The molecule has 116 valence electrons. The van der Waals surface area contributed by atoms with Crippen molar-refractivity contribution < 1.29 is 13.9 Å². The molecule has 0 atom stereocenters. The number of nitrogens with one attached hydrogen (secondary N) is 1. The number of thioether (sulfide) groups is 1. The predicted molar refractivity (Wildman–Crippen MR) is 84.5 cm³/mol. The van der Waals surface area contributed by atoms with E-state index in [0.717, 1.165) is 10.6 Å². The highest BCUT2D eigenvalue weighted by Gasteiger charge is 2.13. The number of carbonyl (C=O) groups excluding carboxylic acids is 1. The molecule has 1 N–H and O–H groups in total. The van der Waals surface area contributed by atoms with Crippen LogP contribution in [0.3, 0.4) is 0 Å².